The highest BCUT2D eigenvalue weighted by Gasteiger charge is 2.66. The summed E-state index contributed by atoms with van der Waals surface area (Å²) in [6, 6.07) is 8.26. The van der Waals surface area contributed by atoms with E-state index < -0.39 is 256 Å². The molecule has 3 saturated heterocycles. The number of amides is 15. The molecule has 15 atom stereocenters. The largest absolute Gasteiger partial charge is 0.450 e. The number of fused-ring (bicyclic) bond motifs is 9. The maximum atomic E-state index is 14.1. The molecule has 42 nitrogen and oxygen atoms in total. The zero-order valence-electron chi connectivity index (χ0n) is 81.5. The van der Waals surface area contributed by atoms with Gasteiger partial charge in [-0.3, -0.25) is 72.0 Å². The van der Waals surface area contributed by atoms with Crippen LogP contribution in [0.5, 0.6) is 0 Å². The number of nitrogens with one attached hydrogen (secondary N) is 9. The number of hydrogen-bond donors (Lipinski definition) is 9. The minimum atomic E-state index is -4.92. The average Bonchev–Trinajstić information content (AvgIpc) is 1.58. The van der Waals surface area contributed by atoms with Crippen LogP contribution in [0.1, 0.15) is 205 Å². The third-order valence-corrected chi connectivity index (χ3v) is 35.3. The summed E-state index contributed by atoms with van der Waals surface area (Å²) in [6.45, 7) is 13.8. The molecule has 6 aliphatic carbocycles. The van der Waals surface area contributed by atoms with Crippen molar-refractivity contribution in [2.24, 2.45) is 17.8 Å². The molecule has 9 N–H and O–H groups in total. The van der Waals surface area contributed by atoms with Crippen LogP contribution >= 0.6 is 0 Å². The third kappa shape index (κ3) is 24.8. The van der Waals surface area contributed by atoms with Crippen LogP contribution in [0.3, 0.4) is 0 Å². The monoisotopic (exact) mass is 2130 g/mol. The molecule has 0 unspecified atom stereocenters. The lowest BCUT2D eigenvalue weighted by Gasteiger charge is -2.30. The molecule has 12 bridgehead atoms. The number of aryl methyl sites for hydroxylation is 3. The summed E-state index contributed by atoms with van der Waals surface area (Å²) in [4.78, 5) is 209. The van der Waals surface area contributed by atoms with Crippen LogP contribution in [0.2, 0.25) is 0 Å². The first-order valence-electron chi connectivity index (χ1n) is 50.1. The molecule has 18 rings (SSSR count). The van der Waals surface area contributed by atoms with Crippen molar-refractivity contribution in [1.29, 1.82) is 0 Å². The van der Waals surface area contributed by atoms with E-state index in [-0.39, 0.29) is 104 Å². The van der Waals surface area contributed by atoms with Crippen molar-refractivity contribution in [1.82, 2.24) is 75.5 Å². The fraction of sp³-hybridized carbons (Fsp3) is 0.602. The van der Waals surface area contributed by atoms with Gasteiger partial charge >= 0.3 is 42.7 Å². The fourth-order valence-electron chi connectivity index (χ4n) is 20.8. The smallest absolute Gasteiger partial charge is 0.410 e. The van der Waals surface area contributed by atoms with Crippen molar-refractivity contribution in [2.75, 3.05) is 39.5 Å². The molecule has 15 aliphatic rings. The Morgan fingerprint density at radius 1 is 0.439 bits per heavy atom. The van der Waals surface area contributed by atoms with Gasteiger partial charge in [0.2, 0.25) is 71.9 Å². The summed E-state index contributed by atoms with van der Waals surface area (Å²) < 4.78 is 183. The number of halogens is 5. The van der Waals surface area contributed by atoms with Gasteiger partial charge in [-0.1, -0.05) is 92.6 Å². The summed E-state index contributed by atoms with van der Waals surface area (Å²) in [7, 11) is -11.9. The molecule has 9 heterocycles. The van der Waals surface area contributed by atoms with Gasteiger partial charge in [0.1, 0.15) is 71.2 Å². The van der Waals surface area contributed by atoms with E-state index in [4.69, 9.17) is 28.4 Å². The molecule has 9 aliphatic heterocycles. The van der Waals surface area contributed by atoms with Crippen LogP contribution in [-0.2, 0) is 160 Å². The van der Waals surface area contributed by atoms with Crippen molar-refractivity contribution < 1.29 is 148 Å². The van der Waals surface area contributed by atoms with E-state index in [1.54, 1.807) is 4.90 Å². The number of ether oxygens (including phenoxy) is 6. The van der Waals surface area contributed by atoms with Crippen LogP contribution in [-0.4, -0.2) is 283 Å². The second kappa shape index (κ2) is 44.2. The topological polar surface area (TPSA) is 542 Å². The van der Waals surface area contributed by atoms with Crippen molar-refractivity contribution >= 4 is 120 Å². The van der Waals surface area contributed by atoms with Gasteiger partial charge in [-0.15, -0.1) is 19.7 Å². The van der Waals surface area contributed by atoms with Gasteiger partial charge in [0.15, 0.2) is 0 Å². The third-order valence-electron chi connectivity index (χ3n) is 29.8. The molecule has 0 spiro atoms. The van der Waals surface area contributed by atoms with Crippen LogP contribution in [0.15, 0.2) is 92.6 Å². The van der Waals surface area contributed by atoms with E-state index >= 15 is 0 Å². The lowest BCUT2D eigenvalue weighted by atomic mass is 9.99. The number of alkyl carbamates (subject to hydrolysis) is 3. The van der Waals surface area contributed by atoms with Gasteiger partial charge in [0.05, 0.1) is 61.6 Å². The molecule has 6 saturated carbocycles. The molecule has 9 fully saturated rings. The standard InChI is InChI=1S/C34H45N5O9S.C32H38F3N5O9S.C32H39F2N5O9S/c1-3-5-12-27-30(41)39-19-24(16-28(39)29(40)36-34(17-23(34)4-2)31(42)37-49(45,46)25-13-14-25)48-33(44)38-18-22-11-8-10-21(26(22)20-38)9-6-7-15-47-32(43)35-27;1-2-20-13-31(20,28(43)38-50(46,47)22-9-10-22)37-26(41)25-12-21-16-40(25)27(42)24(14-32(33,34)35)36-29(44)48-11-4-3-6-18-7-5-8-19-15-39(17-23(18)19)30(45)49-21;1-2-20-14-32(20,29(42)37-49(45,46)22-9-10-22)36-27(40)25-12-21-16-39(25)28(41)24(13-26(33)34)35-30(43)47-11-4-3-6-18-7-5-8-19-15-38(17-23(18)19)31(44)48-21/h4,8,10-11,23-25,27-28H,2-3,5-7,9,12-20H2,1H3,(H,35,43)(H,36,40)(H,37,42);2,5,7-8,20-22,24-25H,1,3-4,6,9-17H2,(H,36,44)(H,37,41)(H,38,43);2,5,7-8,20-22,24-26H,1,3-4,6,9-17H2,(H,35,43)(H,36,40)(H,37,42)/t23-,24-,27+,28+,34-;20-,21-,24+,25+,31-;20-,21-,24+,25+,32-/m111/s1. The molecule has 0 aromatic heterocycles. The number of hydrogen-bond acceptors (Lipinski definition) is 27. The molecule has 804 valence electrons. The maximum Gasteiger partial charge on any atom is 0.410 e. The first kappa shape index (κ1) is 108. The van der Waals surface area contributed by atoms with E-state index in [2.05, 4.69) is 51.0 Å². The highest BCUT2D eigenvalue weighted by atomic mass is 32.2. The van der Waals surface area contributed by atoms with E-state index in [9.17, 15) is 119 Å². The van der Waals surface area contributed by atoms with Crippen molar-refractivity contribution in [3.8, 4) is 0 Å². The van der Waals surface area contributed by atoms with E-state index in [1.807, 2.05) is 76.3 Å². The molecule has 148 heavy (non-hydrogen) atoms. The minimum Gasteiger partial charge on any atom is -0.450 e. The lowest BCUT2D eigenvalue weighted by molar-refractivity contribution is -0.155. The number of cyclic esters (lactones) is 3. The second-order valence-electron chi connectivity index (χ2n) is 40.5. The quantitative estimate of drug-likeness (QED) is 0.0265. The first-order chi connectivity index (χ1) is 70.4. The zero-order chi connectivity index (χ0) is 106. The molecular formula is C98H122F5N15O27S3. The normalized spacial score (nSPS) is 28.8. The number of nitrogens with zero attached hydrogens (tertiary/aromatic N) is 6. The fourth-order valence-corrected chi connectivity index (χ4v) is 24.9. The lowest BCUT2D eigenvalue weighted by Crippen LogP contribution is -2.58. The summed E-state index contributed by atoms with van der Waals surface area (Å²) in [5.41, 5.74) is 4.05. The Bertz CT molecular complexity index is 6130. The summed E-state index contributed by atoms with van der Waals surface area (Å²) in [6.07, 6.45) is -5.74. The Morgan fingerprint density at radius 3 is 1.03 bits per heavy atom. The Morgan fingerprint density at radius 2 is 0.736 bits per heavy atom. The molecule has 3 aromatic rings. The van der Waals surface area contributed by atoms with Crippen LogP contribution in [0, 0.1) is 17.8 Å². The number of carbonyl (C=O) groups excluding carboxylic acids is 15. The van der Waals surface area contributed by atoms with Gasteiger partial charge in [0, 0.05) is 82.7 Å². The second-order valence-corrected chi connectivity index (χ2v) is 46.4. The highest BCUT2D eigenvalue weighted by molar-refractivity contribution is 7.91. The molecule has 15 amide bonds. The van der Waals surface area contributed by atoms with E-state index in [0.717, 1.165) is 79.1 Å². The Hall–Kier alpha value is -12.8. The van der Waals surface area contributed by atoms with Crippen LogP contribution < -0.4 is 46.1 Å². The SMILES string of the molecule is C=C[C@@H]1C[C@]1(NC(=O)[C@@H]1C[C@@H]2CN1C(=O)[C@H](CC(F)(F)F)NC(=O)OCCCCc1cccc3c1CN(C3)C(=O)O2)C(=O)NS(=O)(=O)C1CC1.C=C[C@@H]1C[C@]1(NC(=O)[C@@H]1C[C@@H]2CN1C(=O)[C@H](CC(F)F)NC(=O)OCCCCc1cccc3c1CN(C3)C(=O)O2)C(=O)NS(=O)(=O)C1CC1.C=C[C@@H]1C[C@]1(NC(=O)[C@@H]1C[C@@H]2CN1C(=O)[C@H](CCCC)NC(=O)OCCCCc1cccc3c1CN(C3)C(=O)O2)C(=O)NS(=O)(=O)C1CC1. The van der Waals surface area contributed by atoms with E-state index in [0.29, 0.717) is 103 Å². The zero-order valence-corrected chi connectivity index (χ0v) is 83.9. The number of benzene rings is 3. The van der Waals surface area contributed by atoms with Crippen LogP contribution in [0.4, 0.5) is 50.7 Å². The molecular weight excluding hydrogens is 2010 g/mol. The Labute approximate surface area is 850 Å². The van der Waals surface area contributed by atoms with Crippen molar-refractivity contribution in [3.63, 3.8) is 0 Å². The summed E-state index contributed by atoms with van der Waals surface area (Å²) in [5, 5.41) is 12.6. The maximum absolute atomic E-state index is 14.1. The number of carbonyl (C=O) groups is 15. The number of sulfonamides is 3. The highest BCUT2D eigenvalue weighted by Crippen LogP contribution is 2.50. The van der Waals surface area contributed by atoms with Gasteiger partial charge < -0.3 is 75.0 Å². The minimum absolute atomic E-state index is 0.0189. The first-order valence-corrected chi connectivity index (χ1v) is 54.7. The van der Waals surface area contributed by atoms with Gasteiger partial charge in [-0.2, -0.15) is 13.2 Å². The summed E-state index contributed by atoms with van der Waals surface area (Å²) >= 11 is 0. The van der Waals surface area contributed by atoms with Crippen molar-refractivity contribution in [2.45, 2.75) is 313 Å². The Kier molecular flexibility index (Phi) is 32.2. The van der Waals surface area contributed by atoms with Gasteiger partial charge in [-0.05, 0) is 172 Å². The molecule has 50 heteroatoms. The number of rotatable bonds is 24. The summed E-state index contributed by atoms with van der Waals surface area (Å²) in [5.74, 6) is -10.1. The average molecular weight is 2130 g/mol. The van der Waals surface area contributed by atoms with Crippen molar-refractivity contribution in [3.05, 3.63) is 143 Å². The predicted octanol–water partition coefficient (Wildman–Crippen LogP) is 6.42. The molecule has 0 radical (unpaired) electrons. The van der Waals surface area contributed by atoms with Crippen LogP contribution in [0.25, 0.3) is 0 Å². The van der Waals surface area contributed by atoms with Gasteiger partial charge in [-0.25, -0.2) is 62.8 Å². The number of unbranched alkanes of at least 4 members (excludes halogenated alkanes) is 1. The molecule has 3 aromatic carbocycles. The number of alkyl halides is 5. The predicted molar refractivity (Wildman–Crippen MR) is 510 cm³/mol. The Balaban J connectivity index is 0.000000158. The van der Waals surface area contributed by atoms with E-state index in [1.165, 1.54) is 32.9 Å². The van der Waals surface area contributed by atoms with Gasteiger partial charge in [0.25, 0.3) is 17.7 Å².